The molecule has 0 aliphatic heterocycles. The lowest BCUT2D eigenvalue weighted by molar-refractivity contribution is -0.120. The fourth-order valence-electron chi connectivity index (χ4n) is 1.39. The molecule has 4 heteroatoms. The summed E-state index contributed by atoms with van der Waals surface area (Å²) in [5.74, 6) is 0.0372. The normalized spacial score (nSPS) is 10.1. The summed E-state index contributed by atoms with van der Waals surface area (Å²) < 4.78 is 0. The first-order valence-corrected chi connectivity index (χ1v) is 5.59. The summed E-state index contributed by atoms with van der Waals surface area (Å²) in [6.45, 7) is 0.912. The van der Waals surface area contributed by atoms with E-state index < -0.39 is 0 Å². The molecule has 1 heterocycles. The number of hydrogen-bond donors (Lipinski definition) is 2. The fourth-order valence-corrected chi connectivity index (χ4v) is 1.39. The van der Waals surface area contributed by atoms with Crippen LogP contribution in [-0.4, -0.2) is 29.1 Å². The van der Waals surface area contributed by atoms with E-state index in [4.69, 9.17) is 5.11 Å². The standard InChI is InChI=1S/C12H18N2O2/c15-9-3-1-2-6-14-12(16)10-11-4-7-13-8-5-11/h4-5,7-8,15H,1-3,6,9-10H2,(H,14,16). The summed E-state index contributed by atoms with van der Waals surface area (Å²) >= 11 is 0. The molecule has 0 bridgehead atoms. The molecule has 2 N–H and O–H groups in total. The Bertz CT molecular complexity index is 301. The van der Waals surface area contributed by atoms with Crippen LogP contribution in [0.15, 0.2) is 24.5 Å². The number of amides is 1. The van der Waals surface area contributed by atoms with E-state index in [1.807, 2.05) is 12.1 Å². The van der Waals surface area contributed by atoms with Gasteiger partial charge in [-0.05, 0) is 37.0 Å². The number of nitrogens with zero attached hydrogens (tertiary/aromatic N) is 1. The summed E-state index contributed by atoms with van der Waals surface area (Å²) in [5.41, 5.74) is 0.975. The van der Waals surface area contributed by atoms with Crippen LogP contribution in [0.5, 0.6) is 0 Å². The van der Waals surface area contributed by atoms with Crippen molar-refractivity contribution < 1.29 is 9.90 Å². The number of nitrogens with one attached hydrogen (secondary N) is 1. The van der Waals surface area contributed by atoms with Crippen LogP contribution in [0, 0.1) is 0 Å². The van der Waals surface area contributed by atoms with Crippen molar-refractivity contribution in [1.29, 1.82) is 0 Å². The molecule has 0 radical (unpaired) electrons. The van der Waals surface area contributed by atoms with E-state index in [9.17, 15) is 4.79 Å². The molecule has 0 aromatic carbocycles. The highest BCUT2D eigenvalue weighted by molar-refractivity contribution is 5.78. The van der Waals surface area contributed by atoms with Crippen molar-refractivity contribution in [2.75, 3.05) is 13.2 Å². The molecule has 1 amide bonds. The highest BCUT2D eigenvalue weighted by atomic mass is 16.2. The lowest BCUT2D eigenvalue weighted by atomic mass is 10.2. The summed E-state index contributed by atoms with van der Waals surface area (Å²) in [6, 6.07) is 3.68. The molecule has 0 atom stereocenters. The molecule has 0 saturated carbocycles. The van der Waals surface area contributed by atoms with Gasteiger partial charge in [0.1, 0.15) is 0 Å². The van der Waals surface area contributed by atoms with Gasteiger partial charge in [-0.1, -0.05) is 0 Å². The second kappa shape index (κ2) is 7.82. The largest absolute Gasteiger partial charge is 0.396 e. The van der Waals surface area contributed by atoms with Crippen LogP contribution in [0.3, 0.4) is 0 Å². The molecule has 0 unspecified atom stereocenters. The summed E-state index contributed by atoms with van der Waals surface area (Å²) in [7, 11) is 0. The predicted octanol–water partition coefficient (Wildman–Crippen LogP) is 0.903. The van der Waals surface area contributed by atoms with Crippen molar-refractivity contribution in [3.63, 3.8) is 0 Å². The Morgan fingerprint density at radius 1 is 1.25 bits per heavy atom. The first kappa shape index (κ1) is 12.6. The number of pyridine rings is 1. The molecule has 16 heavy (non-hydrogen) atoms. The SMILES string of the molecule is O=C(Cc1ccncc1)NCCCCCO. The maximum absolute atomic E-state index is 11.5. The van der Waals surface area contributed by atoms with Gasteiger partial charge in [-0.15, -0.1) is 0 Å². The second-order valence-corrected chi connectivity index (χ2v) is 3.67. The number of aromatic nitrogens is 1. The first-order valence-electron chi connectivity index (χ1n) is 5.59. The summed E-state index contributed by atoms with van der Waals surface area (Å²) in [6.07, 6.45) is 6.45. The third-order valence-corrected chi connectivity index (χ3v) is 2.27. The average Bonchev–Trinajstić information content (AvgIpc) is 2.30. The zero-order valence-corrected chi connectivity index (χ0v) is 9.35. The lowest BCUT2D eigenvalue weighted by Crippen LogP contribution is -2.26. The van der Waals surface area contributed by atoms with Crippen molar-refractivity contribution >= 4 is 5.91 Å². The number of hydrogen-bond acceptors (Lipinski definition) is 3. The van der Waals surface area contributed by atoms with Gasteiger partial charge in [-0.2, -0.15) is 0 Å². The lowest BCUT2D eigenvalue weighted by Gasteiger charge is -2.04. The molecule has 1 aromatic rings. The van der Waals surface area contributed by atoms with Crippen LogP contribution < -0.4 is 5.32 Å². The Hall–Kier alpha value is -1.42. The Labute approximate surface area is 95.7 Å². The van der Waals surface area contributed by atoms with Gasteiger partial charge in [0.15, 0.2) is 0 Å². The highest BCUT2D eigenvalue weighted by Crippen LogP contribution is 1.97. The van der Waals surface area contributed by atoms with E-state index in [-0.39, 0.29) is 12.5 Å². The Morgan fingerprint density at radius 3 is 2.69 bits per heavy atom. The number of aliphatic hydroxyl groups excluding tert-OH is 1. The number of carbonyl (C=O) groups is 1. The van der Waals surface area contributed by atoms with E-state index in [1.54, 1.807) is 12.4 Å². The van der Waals surface area contributed by atoms with Crippen LogP contribution in [-0.2, 0) is 11.2 Å². The van der Waals surface area contributed by atoms with Crippen molar-refractivity contribution in [3.05, 3.63) is 30.1 Å². The van der Waals surface area contributed by atoms with Crippen molar-refractivity contribution in [1.82, 2.24) is 10.3 Å². The van der Waals surface area contributed by atoms with Crippen molar-refractivity contribution in [3.8, 4) is 0 Å². The molecule has 0 aliphatic carbocycles. The molecule has 88 valence electrons. The first-order chi connectivity index (χ1) is 7.83. The molecule has 0 saturated heterocycles. The Morgan fingerprint density at radius 2 is 2.00 bits per heavy atom. The summed E-state index contributed by atoms with van der Waals surface area (Å²) in [5, 5.41) is 11.4. The zero-order valence-electron chi connectivity index (χ0n) is 9.35. The van der Waals surface area contributed by atoms with E-state index in [0.29, 0.717) is 13.0 Å². The van der Waals surface area contributed by atoms with Crippen LogP contribution in [0.25, 0.3) is 0 Å². The highest BCUT2D eigenvalue weighted by Gasteiger charge is 2.01. The van der Waals surface area contributed by atoms with E-state index in [2.05, 4.69) is 10.3 Å². The number of carbonyl (C=O) groups excluding carboxylic acids is 1. The molecular formula is C12H18N2O2. The van der Waals surface area contributed by atoms with E-state index in [1.165, 1.54) is 0 Å². The van der Waals surface area contributed by atoms with Gasteiger partial charge in [0.2, 0.25) is 5.91 Å². The van der Waals surface area contributed by atoms with Crippen LogP contribution >= 0.6 is 0 Å². The van der Waals surface area contributed by atoms with Crippen LogP contribution in [0.4, 0.5) is 0 Å². The average molecular weight is 222 g/mol. The molecule has 1 rings (SSSR count). The number of rotatable bonds is 7. The van der Waals surface area contributed by atoms with Crippen molar-refractivity contribution in [2.45, 2.75) is 25.7 Å². The second-order valence-electron chi connectivity index (χ2n) is 3.67. The van der Waals surface area contributed by atoms with Gasteiger partial charge in [-0.25, -0.2) is 0 Å². The monoisotopic (exact) mass is 222 g/mol. The topological polar surface area (TPSA) is 62.2 Å². The van der Waals surface area contributed by atoms with Gasteiger partial charge in [-0.3, -0.25) is 9.78 Å². The predicted molar refractivity (Wildman–Crippen MR) is 61.9 cm³/mol. The number of unbranched alkanes of at least 4 members (excludes halogenated alkanes) is 2. The molecule has 1 aromatic heterocycles. The smallest absolute Gasteiger partial charge is 0.224 e. The molecule has 4 nitrogen and oxygen atoms in total. The van der Waals surface area contributed by atoms with Gasteiger partial charge in [0, 0.05) is 25.5 Å². The molecule has 0 fully saturated rings. The van der Waals surface area contributed by atoms with Gasteiger partial charge < -0.3 is 10.4 Å². The molecular weight excluding hydrogens is 204 g/mol. The maximum atomic E-state index is 11.5. The van der Waals surface area contributed by atoms with Gasteiger partial charge in [0.25, 0.3) is 0 Å². The third-order valence-electron chi connectivity index (χ3n) is 2.27. The Kier molecular flexibility index (Phi) is 6.18. The van der Waals surface area contributed by atoms with Crippen LogP contribution in [0.1, 0.15) is 24.8 Å². The number of aliphatic hydroxyl groups is 1. The third kappa shape index (κ3) is 5.46. The maximum Gasteiger partial charge on any atom is 0.224 e. The Balaban J connectivity index is 2.12. The molecule has 0 aliphatic rings. The van der Waals surface area contributed by atoms with Gasteiger partial charge in [0.05, 0.1) is 6.42 Å². The minimum absolute atomic E-state index is 0.0372. The van der Waals surface area contributed by atoms with E-state index in [0.717, 1.165) is 24.8 Å². The van der Waals surface area contributed by atoms with Crippen molar-refractivity contribution in [2.24, 2.45) is 0 Å². The fraction of sp³-hybridized carbons (Fsp3) is 0.500. The minimum atomic E-state index is 0.0372. The molecule has 0 spiro atoms. The van der Waals surface area contributed by atoms with Crippen LogP contribution in [0.2, 0.25) is 0 Å². The minimum Gasteiger partial charge on any atom is -0.396 e. The zero-order chi connectivity index (χ0) is 11.6. The quantitative estimate of drug-likeness (QED) is 0.674. The summed E-state index contributed by atoms with van der Waals surface area (Å²) in [4.78, 5) is 15.4. The van der Waals surface area contributed by atoms with Gasteiger partial charge >= 0.3 is 0 Å². The van der Waals surface area contributed by atoms with E-state index >= 15 is 0 Å².